The molecular formula is C60H76F6NO8PS. The monoisotopic (exact) mass is 1120 g/mol. The minimum absolute atomic E-state index is 0.145. The van der Waals surface area contributed by atoms with Gasteiger partial charge in [-0.1, -0.05) is 163 Å². The largest absolute Gasteiger partial charge is 0.487 e. The first-order valence-electron chi connectivity index (χ1n) is 25.8. The fourth-order valence-electron chi connectivity index (χ4n) is 7.87. The van der Waals surface area contributed by atoms with E-state index in [1.807, 2.05) is 60.3 Å². The third kappa shape index (κ3) is 24.1. The Labute approximate surface area is 455 Å². The Kier molecular flexibility index (Phi) is 23.6. The molecule has 0 radical (unpaired) electrons. The first-order valence-corrected chi connectivity index (χ1v) is 28.8. The first-order chi connectivity index (χ1) is 36.5. The predicted molar refractivity (Wildman–Crippen MR) is 298 cm³/mol. The van der Waals surface area contributed by atoms with Crippen molar-refractivity contribution in [2.75, 3.05) is 91.6 Å². The number of halogens is 6. The van der Waals surface area contributed by atoms with Crippen molar-refractivity contribution in [3.05, 3.63) is 191 Å². The quantitative estimate of drug-likeness (QED) is 0.0658. The number of thioether (sulfide) groups is 1. The summed E-state index contributed by atoms with van der Waals surface area (Å²) in [5.74, 6) is 3.78. The molecule has 0 fully saturated rings. The van der Waals surface area contributed by atoms with Gasteiger partial charge in [-0.05, 0) is 75.0 Å². The Bertz CT molecular complexity index is 2360. The van der Waals surface area contributed by atoms with Gasteiger partial charge >= 0.3 is 33.0 Å². The molecule has 1 aliphatic heterocycles. The first kappa shape index (κ1) is 62.5. The summed E-state index contributed by atoms with van der Waals surface area (Å²) in [5, 5.41) is 2.48. The summed E-state index contributed by atoms with van der Waals surface area (Å²) in [4.78, 5) is 0. The number of benzene rings is 6. The van der Waals surface area contributed by atoms with Gasteiger partial charge in [-0.25, -0.2) is 0 Å². The standard InChI is InChI=1S/C36H43NS.C24H32O8.F6P/c1-34(2,3)32-24-28(25-33(26-32)35(4,5)6)27-37-22-23-38-36(29-16-10-7-11-17-29,30-18-12-8-13-19-30)31-20-14-9-15-21-31;1-2-6-22-21(5-1)29-17-13-25-9-10-27-15-19-31-23-7-3-4-8-24(23)32-20-16-28-12-11-26-14-18-30-22;1-7(2,3,4,5)6/h7-21,24-26,37H,22-23,27H2,1-6H3;1-8H,9-20H2;/q;;-1/p+1. The van der Waals surface area contributed by atoms with Crippen molar-refractivity contribution in [1.82, 2.24) is 0 Å². The Balaban J connectivity index is 0.000000255. The Morgan fingerprint density at radius 1 is 0.390 bits per heavy atom. The van der Waals surface area contributed by atoms with Crippen LogP contribution in [-0.4, -0.2) is 91.6 Å². The average molecular weight is 1120 g/mol. The van der Waals surface area contributed by atoms with E-state index < -0.39 is 7.81 Å². The molecule has 422 valence electrons. The molecule has 17 heteroatoms. The van der Waals surface area contributed by atoms with Crippen LogP contribution in [-0.2, 0) is 41.1 Å². The van der Waals surface area contributed by atoms with Gasteiger partial charge in [0, 0.05) is 11.3 Å². The maximum atomic E-state index is 9.87. The van der Waals surface area contributed by atoms with Crippen LogP contribution in [0.2, 0.25) is 0 Å². The van der Waals surface area contributed by atoms with Gasteiger partial charge in [-0.2, -0.15) is 0 Å². The molecule has 6 aromatic rings. The molecule has 77 heavy (non-hydrogen) atoms. The van der Waals surface area contributed by atoms with Crippen molar-refractivity contribution >= 4 is 19.6 Å². The summed E-state index contributed by atoms with van der Waals surface area (Å²) < 4.78 is 104. The Morgan fingerprint density at radius 2 is 0.662 bits per heavy atom. The molecule has 0 bridgehead atoms. The van der Waals surface area contributed by atoms with Crippen LogP contribution in [0.1, 0.15) is 74.9 Å². The van der Waals surface area contributed by atoms with Crippen LogP contribution in [0.15, 0.2) is 158 Å². The smallest absolute Gasteiger partial charge is 0.161 e. The molecule has 0 unspecified atom stereocenters. The van der Waals surface area contributed by atoms with E-state index >= 15 is 0 Å². The maximum absolute atomic E-state index is 10.7. The summed E-state index contributed by atoms with van der Waals surface area (Å²) in [6.45, 7) is 21.4. The molecule has 1 heterocycles. The van der Waals surface area contributed by atoms with E-state index in [9.17, 15) is 25.2 Å². The van der Waals surface area contributed by atoms with E-state index in [2.05, 4.69) is 156 Å². The van der Waals surface area contributed by atoms with Gasteiger partial charge in [-0.3, -0.25) is 0 Å². The average Bonchev–Trinajstić information content (AvgIpc) is 3.39. The molecule has 7 rings (SSSR count). The van der Waals surface area contributed by atoms with E-state index in [4.69, 9.17) is 37.9 Å². The van der Waals surface area contributed by atoms with E-state index in [-0.39, 0.29) is 15.6 Å². The number of rotatable bonds is 9. The molecule has 0 atom stereocenters. The topological polar surface area (TPSA) is 90.5 Å². The Morgan fingerprint density at radius 3 is 0.948 bits per heavy atom. The van der Waals surface area contributed by atoms with Gasteiger partial charge < -0.3 is 43.2 Å². The summed E-state index contributed by atoms with van der Waals surface area (Å²) >= 11 is 2.05. The van der Waals surface area contributed by atoms with Crippen LogP contribution in [0, 0.1) is 0 Å². The summed E-state index contributed by atoms with van der Waals surface area (Å²) in [6.07, 6.45) is 0. The van der Waals surface area contributed by atoms with Crippen LogP contribution in [0.5, 0.6) is 23.0 Å². The molecule has 0 saturated carbocycles. The normalized spacial score (nSPS) is 15.8. The molecular weight excluding hydrogens is 1040 g/mol. The summed E-state index contributed by atoms with van der Waals surface area (Å²) in [5.41, 5.74) is 8.56. The fourth-order valence-corrected chi connectivity index (χ4v) is 9.37. The summed E-state index contributed by atoms with van der Waals surface area (Å²) in [7, 11) is -10.7. The molecule has 2 N–H and O–H groups in total. The van der Waals surface area contributed by atoms with E-state index in [1.165, 1.54) is 33.4 Å². The maximum Gasteiger partial charge on any atom is 0.161 e. The number of hydrogen-bond donors (Lipinski definition) is 1. The third-order valence-electron chi connectivity index (χ3n) is 11.7. The molecule has 9 nitrogen and oxygen atoms in total. The number of hydrogen-bond acceptors (Lipinski definition) is 9. The molecule has 1 aliphatic rings. The van der Waals surface area contributed by atoms with E-state index in [1.54, 1.807) is 0 Å². The molecule has 0 spiro atoms. The van der Waals surface area contributed by atoms with Crippen molar-refractivity contribution in [3.8, 4) is 23.0 Å². The van der Waals surface area contributed by atoms with Crippen LogP contribution >= 0.6 is 19.6 Å². The minimum Gasteiger partial charge on any atom is -0.487 e. The predicted octanol–water partition coefficient (Wildman–Crippen LogP) is 14.4. The van der Waals surface area contributed by atoms with Crippen LogP contribution in [0.3, 0.4) is 0 Å². The molecule has 0 amide bonds. The van der Waals surface area contributed by atoms with Gasteiger partial charge in [0.1, 0.15) is 33.0 Å². The SMILES string of the molecule is CC(C)(C)c1cc(C[NH2+]CCSC(c2ccccc2)(c2ccccc2)c2ccccc2)cc(C(C)(C)C)c1.F[P-](F)(F)(F)(F)F.c1ccc2c(c1)OCCOCCOCCOc1ccccc1OCCOCCOCCO2. The minimum atomic E-state index is -10.7. The second kappa shape index (κ2) is 29.1. The van der Waals surface area contributed by atoms with Crippen LogP contribution < -0.4 is 24.3 Å². The van der Waals surface area contributed by atoms with Gasteiger partial charge in [0.2, 0.25) is 0 Å². The molecule has 0 saturated heterocycles. The molecule has 6 aromatic carbocycles. The summed E-state index contributed by atoms with van der Waals surface area (Å²) in [6, 6.07) is 55.4. The third-order valence-corrected chi connectivity index (χ3v) is 13.2. The number of ether oxygens (including phenoxy) is 8. The number of nitrogens with two attached hydrogens (primary N) is 1. The second-order valence-corrected chi connectivity index (χ2v) is 23.2. The van der Waals surface area contributed by atoms with E-state index in [0.29, 0.717) is 102 Å². The number of fused-ring (bicyclic) bond motifs is 2. The molecule has 0 aliphatic carbocycles. The zero-order chi connectivity index (χ0) is 55.7. The number of para-hydroxylation sites is 4. The Hall–Kier alpha value is -5.32. The van der Waals surface area contributed by atoms with Crippen LogP contribution in [0.25, 0.3) is 0 Å². The van der Waals surface area contributed by atoms with Crippen molar-refractivity contribution < 1.29 is 68.4 Å². The van der Waals surface area contributed by atoms with Crippen molar-refractivity contribution in [2.24, 2.45) is 0 Å². The van der Waals surface area contributed by atoms with Crippen molar-refractivity contribution in [3.63, 3.8) is 0 Å². The van der Waals surface area contributed by atoms with Gasteiger partial charge in [0.25, 0.3) is 0 Å². The van der Waals surface area contributed by atoms with Crippen LogP contribution in [0.4, 0.5) is 25.2 Å². The fraction of sp³-hybridized carbons (Fsp3) is 0.400. The van der Waals surface area contributed by atoms with Crippen molar-refractivity contribution in [2.45, 2.75) is 63.7 Å². The second-order valence-electron chi connectivity index (χ2n) is 20.0. The van der Waals surface area contributed by atoms with Gasteiger partial charge in [0.15, 0.2) is 23.0 Å². The van der Waals surface area contributed by atoms with Crippen molar-refractivity contribution in [1.29, 1.82) is 0 Å². The zero-order valence-electron chi connectivity index (χ0n) is 45.1. The van der Waals surface area contributed by atoms with Gasteiger partial charge in [0.05, 0.1) is 64.1 Å². The zero-order valence-corrected chi connectivity index (χ0v) is 46.8. The van der Waals surface area contributed by atoms with Gasteiger partial charge in [-0.15, -0.1) is 11.8 Å². The number of quaternary nitrogens is 1. The molecule has 0 aromatic heterocycles. The van der Waals surface area contributed by atoms with E-state index in [0.717, 1.165) is 18.8 Å².